The molecule has 0 aromatic heterocycles. The van der Waals surface area contributed by atoms with E-state index in [9.17, 15) is 0 Å². The summed E-state index contributed by atoms with van der Waals surface area (Å²) in [4.78, 5) is 3.76. The number of hydrogen-bond donors (Lipinski definition) is 1. The number of rotatable bonds is 0. The third-order valence-corrected chi connectivity index (χ3v) is 0.975. The van der Waals surface area contributed by atoms with Crippen LogP contribution in [0.5, 0.6) is 0 Å². The van der Waals surface area contributed by atoms with Crippen LogP contribution in [-0.4, -0.2) is 17.8 Å². The molecular formula is C4H6ClN3. The van der Waals surface area contributed by atoms with Gasteiger partial charge in [-0.2, -0.15) is 0 Å². The Hall–Kier alpha value is -0.540. The van der Waals surface area contributed by atoms with Crippen LogP contribution in [0.3, 0.4) is 0 Å². The summed E-state index contributed by atoms with van der Waals surface area (Å²) in [5.41, 5.74) is 0. The van der Waals surface area contributed by atoms with Gasteiger partial charge in [0.15, 0.2) is 0 Å². The van der Waals surface area contributed by atoms with Crippen molar-refractivity contribution in [1.29, 1.82) is 0 Å². The number of halogens is 1. The van der Waals surface area contributed by atoms with Crippen LogP contribution in [0, 0.1) is 0 Å². The van der Waals surface area contributed by atoms with Gasteiger partial charge in [0.1, 0.15) is 5.16 Å². The highest BCUT2D eigenvalue weighted by Gasteiger charge is 1.96. The zero-order chi connectivity index (χ0) is 5.98. The lowest BCUT2D eigenvalue weighted by molar-refractivity contribution is 0.447. The second-order valence-electron chi connectivity index (χ2n) is 1.46. The minimum absolute atomic E-state index is 0.429. The molecule has 0 spiro atoms. The summed E-state index contributed by atoms with van der Waals surface area (Å²) >= 11 is 5.45. The molecule has 1 aliphatic rings. The Balaban J connectivity index is 2.63. The van der Waals surface area contributed by atoms with E-state index in [2.05, 4.69) is 4.99 Å². The lowest BCUT2D eigenvalue weighted by atomic mass is 10.6. The summed E-state index contributed by atoms with van der Waals surface area (Å²) in [6, 6.07) is 0. The summed E-state index contributed by atoms with van der Waals surface area (Å²) in [6.07, 6.45) is 3.23. The second kappa shape index (κ2) is 2.15. The van der Waals surface area contributed by atoms with Gasteiger partial charge in [-0.1, -0.05) is 11.6 Å². The van der Waals surface area contributed by atoms with Crippen molar-refractivity contribution < 1.29 is 0 Å². The fourth-order valence-electron chi connectivity index (χ4n) is 0.445. The first kappa shape index (κ1) is 5.59. The van der Waals surface area contributed by atoms with Crippen LogP contribution in [0.2, 0.25) is 0 Å². The maximum Gasteiger partial charge on any atom is 0.145 e. The molecule has 0 bridgehead atoms. The van der Waals surface area contributed by atoms with Crippen LogP contribution in [0.1, 0.15) is 0 Å². The number of hydrogen-bond acceptors (Lipinski definition) is 3. The van der Waals surface area contributed by atoms with E-state index < -0.39 is 0 Å². The van der Waals surface area contributed by atoms with Gasteiger partial charge in [0.2, 0.25) is 0 Å². The van der Waals surface area contributed by atoms with Gasteiger partial charge in [-0.15, -0.1) is 0 Å². The van der Waals surface area contributed by atoms with E-state index in [-0.39, 0.29) is 0 Å². The second-order valence-corrected chi connectivity index (χ2v) is 1.85. The van der Waals surface area contributed by atoms with Crippen LogP contribution in [-0.2, 0) is 0 Å². The molecule has 0 saturated heterocycles. The number of nitrogens with zero attached hydrogens (tertiary/aromatic N) is 2. The minimum Gasteiger partial charge on any atom is -0.310 e. The van der Waals surface area contributed by atoms with Crippen LogP contribution in [0.4, 0.5) is 0 Å². The number of aliphatic imine (C=N–C) groups is 1. The largest absolute Gasteiger partial charge is 0.310 e. The van der Waals surface area contributed by atoms with Crippen molar-refractivity contribution in [2.75, 3.05) is 6.54 Å². The van der Waals surface area contributed by atoms with E-state index in [1.165, 1.54) is 5.01 Å². The zero-order valence-electron chi connectivity index (χ0n) is 4.21. The molecule has 0 aromatic rings. The van der Waals surface area contributed by atoms with Gasteiger partial charge in [0, 0.05) is 6.21 Å². The van der Waals surface area contributed by atoms with E-state index in [1.54, 1.807) is 12.4 Å². The van der Waals surface area contributed by atoms with Crippen molar-refractivity contribution >= 4 is 17.8 Å². The highest BCUT2D eigenvalue weighted by atomic mass is 35.5. The molecule has 0 unspecified atom stereocenters. The highest BCUT2D eigenvalue weighted by Crippen LogP contribution is 2.04. The summed E-state index contributed by atoms with van der Waals surface area (Å²) in [6.45, 7) is 0.635. The molecule has 0 aromatic carbocycles. The predicted molar refractivity (Wildman–Crippen MR) is 33.3 cm³/mol. The SMILES string of the molecule is NN1C=C(Cl)N=CC1. The Labute approximate surface area is 52.4 Å². The van der Waals surface area contributed by atoms with Gasteiger partial charge in [0.05, 0.1) is 12.7 Å². The molecule has 8 heavy (non-hydrogen) atoms. The molecule has 0 radical (unpaired) electrons. The summed E-state index contributed by atoms with van der Waals surface area (Å²) in [5, 5.41) is 1.90. The van der Waals surface area contributed by atoms with Gasteiger partial charge in [-0.05, 0) is 0 Å². The average Bonchev–Trinajstić information content (AvgIpc) is 1.64. The average molecular weight is 132 g/mol. The zero-order valence-corrected chi connectivity index (χ0v) is 4.97. The molecule has 44 valence electrons. The lowest BCUT2D eigenvalue weighted by Gasteiger charge is -2.12. The van der Waals surface area contributed by atoms with Gasteiger partial charge in [-0.3, -0.25) is 0 Å². The predicted octanol–water partition coefficient (Wildman–Crippen LogP) is 0.284. The van der Waals surface area contributed by atoms with E-state index in [0.29, 0.717) is 11.7 Å². The van der Waals surface area contributed by atoms with Crippen LogP contribution < -0.4 is 5.84 Å². The maximum absolute atomic E-state index is 5.45. The summed E-state index contributed by atoms with van der Waals surface area (Å²) in [7, 11) is 0. The molecule has 4 heteroatoms. The highest BCUT2D eigenvalue weighted by molar-refractivity contribution is 6.29. The van der Waals surface area contributed by atoms with Gasteiger partial charge >= 0.3 is 0 Å². The van der Waals surface area contributed by atoms with Crippen LogP contribution in [0.25, 0.3) is 0 Å². The molecule has 0 amide bonds. The summed E-state index contributed by atoms with van der Waals surface area (Å²) < 4.78 is 0. The van der Waals surface area contributed by atoms with E-state index in [1.807, 2.05) is 0 Å². The molecule has 1 aliphatic heterocycles. The van der Waals surface area contributed by atoms with E-state index in [4.69, 9.17) is 17.4 Å². The summed E-state index contributed by atoms with van der Waals surface area (Å²) in [5.74, 6) is 5.31. The third-order valence-electron chi connectivity index (χ3n) is 0.779. The fraction of sp³-hybridized carbons (Fsp3) is 0.250. The molecule has 0 saturated carbocycles. The molecule has 0 aliphatic carbocycles. The lowest BCUT2D eigenvalue weighted by Crippen LogP contribution is -2.28. The van der Waals surface area contributed by atoms with Crippen molar-refractivity contribution in [1.82, 2.24) is 5.01 Å². The standard InChI is InChI=1S/C4H6ClN3/c5-4-3-8(6)2-1-7-4/h1,3H,2,6H2. The van der Waals surface area contributed by atoms with E-state index in [0.717, 1.165) is 0 Å². The molecule has 0 fully saturated rings. The molecule has 3 nitrogen and oxygen atoms in total. The molecule has 1 heterocycles. The Kier molecular flexibility index (Phi) is 1.50. The van der Waals surface area contributed by atoms with Crippen molar-refractivity contribution in [3.63, 3.8) is 0 Å². The third kappa shape index (κ3) is 1.21. The Morgan fingerprint density at radius 1 is 1.88 bits per heavy atom. The normalized spacial score (nSPS) is 18.8. The Bertz CT molecular complexity index is 140. The quantitative estimate of drug-likeness (QED) is 0.379. The van der Waals surface area contributed by atoms with Gasteiger partial charge < -0.3 is 5.01 Å². The van der Waals surface area contributed by atoms with Crippen LogP contribution >= 0.6 is 11.6 Å². The first-order chi connectivity index (χ1) is 3.79. The molecule has 0 atom stereocenters. The van der Waals surface area contributed by atoms with Crippen LogP contribution in [0.15, 0.2) is 16.3 Å². The maximum atomic E-state index is 5.45. The minimum atomic E-state index is 0.429. The van der Waals surface area contributed by atoms with Crippen molar-refractivity contribution in [2.45, 2.75) is 0 Å². The van der Waals surface area contributed by atoms with Gasteiger partial charge in [0.25, 0.3) is 0 Å². The van der Waals surface area contributed by atoms with Crippen molar-refractivity contribution in [2.24, 2.45) is 10.8 Å². The fourth-order valence-corrected chi connectivity index (χ4v) is 0.640. The Morgan fingerprint density at radius 2 is 2.62 bits per heavy atom. The number of nitrogens with two attached hydrogens (primary N) is 1. The Morgan fingerprint density at radius 3 is 3.00 bits per heavy atom. The van der Waals surface area contributed by atoms with Crippen molar-refractivity contribution in [3.05, 3.63) is 11.4 Å². The monoisotopic (exact) mass is 131 g/mol. The first-order valence-electron chi connectivity index (χ1n) is 2.20. The molecule has 2 N–H and O–H groups in total. The topological polar surface area (TPSA) is 41.6 Å². The molecular weight excluding hydrogens is 126 g/mol. The first-order valence-corrected chi connectivity index (χ1v) is 2.58. The smallest absolute Gasteiger partial charge is 0.145 e. The van der Waals surface area contributed by atoms with E-state index >= 15 is 0 Å². The van der Waals surface area contributed by atoms with Crippen molar-refractivity contribution in [3.8, 4) is 0 Å². The number of hydrazine groups is 1. The van der Waals surface area contributed by atoms with Gasteiger partial charge in [-0.25, -0.2) is 10.8 Å². The molecule has 1 rings (SSSR count).